The minimum Gasteiger partial charge on any atom is -0.379 e. The van der Waals surface area contributed by atoms with Gasteiger partial charge in [-0.15, -0.1) is 0 Å². The molecule has 0 N–H and O–H groups in total. The van der Waals surface area contributed by atoms with Gasteiger partial charge in [-0.3, -0.25) is 0 Å². The second kappa shape index (κ2) is 9.04. The number of aryl methyl sites for hydroxylation is 1. The molecule has 4 rings (SSSR count). The van der Waals surface area contributed by atoms with Crippen LogP contribution in [0.5, 0.6) is 0 Å². The zero-order valence-corrected chi connectivity index (χ0v) is 16.9. The largest absolute Gasteiger partial charge is 0.379 e. The lowest BCUT2D eigenvalue weighted by Gasteiger charge is -2.37. The van der Waals surface area contributed by atoms with E-state index in [1.807, 2.05) is 30.3 Å². The van der Waals surface area contributed by atoms with Gasteiger partial charge in [0.15, 0.2) is 0 Å². The number of rotatable bonds is 6. The summed E-state index contributed by atoms with van der Waals surface area (Å²) in [7, 11) is 1.62. The van der Waals surface area contributed by atoms with Crippen molar-refractivity contribution in [1.82, 2.24) is 9.55 Å². The molecule has 7 heteroatoms. The van der Waals surface area contributed by atoms with E-state index in [0.717, 1.165) is 5.56 Å². The minimum absolute atomic E-state index is 0.0941. The number of halogens is 2. The highest BCUT2D eigenvalue weighted by molar-refractivity contribution is 5.38. The standard InChI is InChI=1S/C23H24F2N2O3/c1-15-26-9-10-27(15)20-13-18(24)17(12-19(20)25)14-30-23-21(28-2)8-11-29-22(23)16-6-4-3-5-7-16/h3-7,9-10,12-13,21-23H,8,11,14H2,1-2H3. The summed E-state index contributed by atoms with van der Waals surface area (Å²) < 4.78 is 48.6. The van der Waals surface area contributed by atoms with Crippen LogP contribution in [-0.4, -0.2) is 35.5 Å². The molecule has 3 aromatic rings. The first kappa shape index (κ1) is 20.7. The van der Waals surface area contributed by atoms with Gasteiger partial charge in [0.05, 0.1) is 25.0 Å². The van der Waals surface area contributed by atoms with E-state index in [2.05, 4.69) is 4.98 Å². The van der Waals surface area contributed by atoms with Crippen molar-refractivity contribution in [3.63, 3.8) is 0 Å². The highest BCUT2D eigenvalue weighted by Crippen LogP contribution is 2.33. The normalized spacial score (nSPS) is 21.7. The molecule has 0 radical (unpaired) electrons. The van der Waals surface area contributed by atoms with Crippen LogP contribution in [0.3, 0.4) is 0 Å². The number of imidazole rings is 1. The summed E-state index contributed by atoms with van der Waals surface area (Å²) >= 11 is 0. The van der Waals surface area contributed by atoms with Gasteiger partial charge in [0.25, 0.3) is 0 Å². The van der Waals surface area contributed by atoms with Crippen molar-refractivity contribution in [1.29, 1.82) is 0 Å². The summed E-state index contributed by atoms with van der Waals surface area (Å²) in [4.78, 5) is 4.06. The highest BCUT2D eigenvalue weighted by atomic mass is 19.1. The molecule has 158 valence electrons. The van der Waals surface area contributed by atoms with Gasteiger partial charge < -0.3 is 18.8 Å². The second-order valence-corrected chi connectivity index (χ2v) is 7.28. The van der Waals surface area contributed by atoms with Gasteiger partial charge >= 0.3 is 0 Å². The Labute approximate surface area is 174 Å². The molecule has 0 amide bonds. The monoisotopic (exact) mass is 414 g/mol. The summed E-state index contributed by atoms with van der Waals surface area (Å²) in [5.41, 5.74) is 1.22. The van der Waals surface area contributed by atoms with Crippen LogP contribution in [0.25, 0.3) is 5.69 Å². The maximum atomic E-state index is 14.8. The van der Waals surface area contributed by atoms with Gasteiger partial charge in [-0.05, 0) is 25.0 Å². The third-order valence-electron chi connectivity index (χ3n) is 5.43. The van der Waals surface area contributed by atoms with E-state index >= 15 is 0 Å². The molecule has 2 heterocycles. The Hall–Kier alpha value is -2.61. The molecule has 2 aromatic carbocycles. The minimum atomic E-state index is -0.543. The average molecular weight is 414 g/mol. The van der Waals surface area contributed by atoms with Gasteiger partial charge in [0, 0.05) is 31.1 Å². The van der Waals surface area contributed by atoms with Gasteiger partial charge in [0.2, 0.25) is 0 Å². The molecule has 3 unspecified atom stereocenters. The Kier molecular flexibility index (Phi) is 6.22. The van der Waals surface area contributed by atoms with Gasteiger partial charge in [0.1, 0.15) is 29.7 Å². The molecule has 0 bridgehead atoms. The maximum absolute atomic E-state index is 14.8. The molecular weight excluding hydrogens is 390 g/mol. The maximum Gasteiger partial charge on any atom is 0.147 e. The summed E-state index contributed by atoms with van der Waals surface area (Å²) in [5.74, 6) is -0.509. The summed E-state index contributed by atoms with van der Waals surface area (Å²) in [6.07, 6.45) is 2.82. The number of aromatic nitrogens is 2. The summed E-state index contributed by atoms with van der Waals surface area (Å²) in [5, 5.41) is 0. The molecule has 1 aliphatic rings. The van der Waals surface area contributed by atoms with Crippen LogP contribution < -0.4 is 0 Å². The lowest BCUT2D eigenvalue weighted by molar-refractivity contribution is -0.175. The van der Waals surface area contributed by atoms with Crippen LogP contribution in [0.15, 0.2) is 54.9 Å². The first-order chi connectivity index (χ1) is 14.6. The number of hydrogen-bond donors (Lipinski definition) is 0. The molecular formula is C23H24F2N2O3. The number of ether oxygens (including phenoxy) is 3. The fraction of sp³-hybridized carbons (Fsp3) is 0.348. The van der Waals surface area contributed by atoms with Crippen molar-refractivity contribution < 1.29 is 23.0 Å². The second-order valence-electron chi connectivity index (χ2n) is 7.28. The zero-order chi connectivity index (χ0) is 21.1. The van der Waals surface area contributed by atoms with E-state index in [0.29, 0.717) is 18.9 Å². The number of methoxy groups -OCH3 is 1. The molecule has 0 aliphatic carbocycles. The third-order valence-corrected chi connectivity index (χ3v) is 5.43. The Morgan fingerprint density at radius 2 is 1.97 bits per heavy atom. The van der Waals surface area contributed by atoms with E-state index in [1.165, 1.54) is 16.7 Å². The average Bonchev–Trinajstić information content (AvgIpc) is 3.20. The number of hydrogen-bond acceptors (Lipinski definition) is 4. The number of nitrogens with zero attached hydrogens (tertiary/aromatic N) is 2. The fourth-order valence-corrected chi connectivity index (χ4v) is 3.83. The van der Waals surface area contributed by atoms with E-state index < -0.39 is 17.7 Å². The van der Waals surface area contributed by atoms with E-state index in [9.17, 15) is 8.78 Å². The molecule has 1 aliphatic heterocycles. The van der Waals surface area contributed by atoms with E-state index in [4.69, 9.17) is 14.2 Å². The number of benzene rings is 2. The molecule has 0 saturated carbocycles. The van der Waals surface area contributed by atoms with Crippen molar-refractivity contribution >= 4 is 0 Å². The predicted octanol–water partition coefficient (Wildman–Crippen LogP) is 4.52. The smallest absolute Gasteiger partial charge is 0.147 e. The molecule has 5 nitrogen and oxygen atoms in total. The molecule has 3 atom stereocenters. The Bertz CT molecular complexity index is 993. The Morgan fingerprint density at radius 1 is 1.17 bits per heavy atom. The van der Waals surface area contributed by atoms with Crippen LogP contribution in [0, 0.1) is 18.6 Å². The van der Waals surface area contributed by atoms with E-state index in [-0.39, 0.29) is 30.1 Å². The lowest BCUT2D eigenvalue weighted by atomic mass is 9.96. The van der Waals surface area contributed by atoms with Crippen LogP contribution in [-0.2, 0) is 20.8 Å². The lowest BCUT2D eigenvalue weighted by Crippen LogP contribution is -2.42. The van der Waals surface area contributed by atoms with Crippen molar-refractivity contribution in [2.24, 2.45) is 0 Å². The van der Waals surface area contributed by atoms with Crippen molar-refractivity contribution in [2.75, 3.05) is 13.7 Å². The Morgan fingerprint density at radius 3 is 2.67 bits per heavy atom. The quantitative estimate of drug-likeness (QED) is 0.595. The van der Waals surface area contributed by atoms with Crippen LogP contribution in [0.2, 0.25) is 0 Å². The third kappa shape index (κ3) is 4.14. The SMILES string of the molecule is COC1CCOC(c2ccccc2)C1OCc1cc(F)c(-n2ccnc2C)cc1F. The molecule has 1 saturated heterocycles. The zero-order valence-electron chi connectivity index (χ0n) is 16.9. The van der Waals surface area contributed by atoms with Crippen molar-refractivity contribution in [3.8, 4) is 5.69 Å². The van der Waals surface area contributed by atoms with E-state index in [1.54, 1.807) is 26.4 Å². The van der Waals surface area contributed by atoms with Crippen LogP contribution >= 0.6 is 0 Å². The highest BCUT2D eigenvalue weighted by Gasteiger charge is 2.36. The molecule has 30 heavy (non-hydrogen) atoms. The molecule has 1 aromatic heterocycles. The van der Waals surface area contributed by atoms with Gasteiger partial charge in [-0.1, -0.05) is 30.3 Å². The van der Waals surface area contributed by atoms with Crippen molar-refractivity contribution in [2.45, 2.75) is 38.3 Å². The molecule has 1 fully saturated rings. The molecule has 0 spiro atoms. The topological polar surface area (TPSA) is 45.5 Å². The van der Waals surface area contributed by atoms with Gasteiger partial charge in [-0.2, -0.15) is 0 Å². The van der Waals surface area contributed by atoms with Crippen LogP contribution in [0.4, 0.5) is 8.78 Å². The predicted molar refractivity (Wildman–Crippen MR) is 107 cm³/mol. The van der Waals surface area contributed by atoms with Crippen molar-refractivity contribution in [3.05, 3.63) is 83.4 Å². The van der Waals surface area contributed by atoms with Gasteiger partial charge in [-0.25, -0.2) is 13.8 Å². The fourth-order valence-electron chi connectivity index (χ4n) is 3.83. The summed E-state index contributed by atoms with van der Waals surface area (Å²) in [6, 6.07) is 12.0. The first-order valence-corrected chi connectivity index (χ1v) is 9.87. The summed E-state index contributed by atoms with van der Waals surface area (Å²) in [6.45, 7) is 2.18. The first-order valence-electron chi connectivity index (χ1n) is 9.87. The Balaban J connectivity index is 1.56. The van der Waals surface area contributed by atoms with Crippen LogP contribution in [0.1, 0.15) is 29.5 Å².